The quantitative estimate of drug-likeness (QED) is 0.339. The van der Waals surface area contributed by atoms with Crippen molar-refractivity contribution in [1.29, 1.82) is 0 Å². The molecule has 1 N–H and O–H groups in total. The van der Waals surface area contributed by atoms with Crippen LogP contribution < -0.4 is 15.6 Å². The van der Waals surface area contributed by atoms with Crippen LogP contribution in [0.5, 0.6) is 5.75 Å². The lowest BCUT2D eigenvalue weighted by Crippen LogP contribution is -2.27. The third kappa shape index (κ3) is 3.43. The normalized spacial score (nSPS) is 11.4. The number of thiazole rings is 1. The lowest BCUT2D eigenvalue weighted by molar-refractivity contribution is 0.102. The van der Waals surface area contributed by atoms with Gasteiger partial charge in [-0.15, -0.1) is 0 Å². The molecule has 0 aliphatic heterocycles. The van der Waals surface area contributed by atoms with Crippen molar-refractivity contribution in [3.05, 3.63) is 87.8 Å². The van der Waals surface area contributed by atoms with Gasteiger partial charge in [-0.1, -0.05) is 53.3 Å². The first kappa shape index (κ1) is 22.3. The van der Waals surface area contributed by atoms with Crippen LogP contribution in [0, 0.1) is 0 Å². The number of nitrogens with one attached hydrogen (secondary N) is 1. The number of anilines is 1. The van der Waals surface area contributed by atoms with E-state index < -0.39 is 5.91 Å². The number of benzene rings is 3. The van der Waals surface area contributed by atoms with Crippen molar-refractivity contribution < 1.29 is 9.53 Å². The van der Waals surface area contributed by atoms with Crippen molar-refractivity contribution in [3.63, 3.8) is 0 Å². The maximum absolute atomic E-state index is 13.7. The number of carbonyl (C=O) groups excluding carboxylic acids is 1. The molecule has 178 valence electrons. The molecule has 0 saturated heterocycles. The Bertz CT molecular complexity index is 1860. The van der Waals surface area contributed by atoms with Gasteiger partial charge in [0.1, 0.15) is 11.3 Å². The van der Waals surface area contributed by atoms with Gasteiger partial charge in [0, 0.05) is 23.3 Å². The van der Waals surface area contributed by atoms with Gasteiger partial charge in [0.25, 0.3) is 11.5 Å². The molecular formula is C26H18ClN5O3S. The van der Waals surface area contributed by atoms with E-state index >= 15 is 0 Å². The number of hydrogen-bond donors (Lipinski definition) is 1. The molecule has 0 saturated carbocycles. The summed E-state index contributed by atoms with van der Waals surface area (Å²) in [5.41, 5.74) is 2.10. The first-order valence-corrected chi connectivity index (χ1v) is 12.2. The molecule has 8 nitrogen and oxygen atoms in total. The van der Waals surface area contributed by atoms with Crippen LogP contribution in [-0.2, 0) is 7.05 Å². The van der Waals surface area contributed by atoms with Gasteiger partial charge in [0.15, 0.2) is 10.8 Å². The number of para-hydroxylation sites is 2. The van der Waals surface area contributed by atoms with Gasteiger partial charge >= 0.3 is 0 Å². The van der Waals surface area contributed by atoms with Gasteiger partial charge in [0.2, 0.25) is 0 Å². The number of hydrogen-bond acceptors (Lipinski definition) is 6. The fraction of sp³-hybridized carbons (Fsp3) is 0.0769. The predicted octanol–water partition coefficient (Wildman–Crippen LogP) is 5.40. The summed E-state index contributed by atoms with van der Waals surface area (Å²) in [5, 5.41) is 9.42. The molecule has 0 radical (unpaired) electrons. The average molecular weight is 516 g/mol. The third-order valence-corrected chi connectivity index (χ3v) is 7.30. The Morgan fingerprint density at radius 3 is 2.64 bits per heavy atom. The molecule has 36 heavy (non-hydrogen) atoms. The highest BCUT2D eigenvalue weighted by atomic mass is 35.5. The molecule has 0 unspecified atom stereocenters. The van der Waals surface area contributed by atoms with Gasteiger partial charge in [-0.2, -0.15) is 9.78 Å². The van der Waals surface area contributed by atoms with E-state index in [1.165, 1.54) is 23.1 Å². The zero-order valence-electron chi connectivity index (χ0n) is 19.2. The maximum atomic E-state index is 13.7. The Hall–Kier alpha value is -4.21. The number of aryl methyl sites for hydroxylation is 1. The van der Waals surface area contributed by atoms with E-state index in [4.69, 9.17) is 16.3 Å². The van der Waals surface area contributed by atoms with E-state index in [0.717, 1.165) is 21.1 Å². The highest BCUT2D eigenvalue weighted by Gasteiger charge is 2.24. The van der Waals surface area contributed by atoms with E-state index in [1.807, 2.05) is 48.5 Å². The van der Waals surface area contributed by atoms with E-state index in [9.17, 15) is 9.59 Å². The van der Waals surface area contributed by atoms with Gasteiger partial charge in [-0.05, 0) is 36.4 Å². The van der Waals surface area contributed by atoms with E-state index in [2.05, 4.69) is 15.4 Å². The molecule has 0 aliphatic rings. The Morgan fingerprint density at radius 1 is 1.08 bits per heavy atom. The summed E-state index contributed by atoms with van der Waals surface area (Å²) < 4.78 is 9.16. The molecule has 0 spiro atoms. The van der Waals surface area contributed by atoms with Crippen LogP contribution in [0.2, 0.25) is 5.02 Å². The molecule has 6 rings (SSSR count). The summed E-state index contributed by atoms with van der Waals surface area (Å²) in [6, 6.07) is 20.1. The number of nitrogens with zero attached hydrogens (tertiary/aromatic N) is 4. The van der Waals surface area contributed by atoms with Gasteiger partial charge in [-0.3, -0.25) is 14.9 Å². The molecular weight excluding hydrogens is 498 g/mol. The topological polar surface area (TPSA) is 91.0 Å². The Morgan fingerprint density at radius 2 is 1.86 bits per heavy atom. The van der Waals surface area contributed by atoms with Crippen LogP contribution in [0.25, 0.3) is 37.7 Å². The fourth-order valence-corrected chi connectivity index (χ4v) is 5.49. The highest BCUT2D eigenvalue weighted by molar-refractivity contribution is 7.22. The summed E-state index contributed by atoms with van der Waals surface area (Å²) in [6.45, 7) is 0. The van der Waals surface area contributed by atoms with Crippen molar-refractivity contribution in [2.75, 3.05) is 12.4 Å². The van der Waals surface area contributed by atoms with Gasteiger partial charge < -0.3 is 9.30 Å². The van der Waals surface area contributed by atoms with E-state index in [-0.39, 0.29) is 11.3 Å². The molecule has 0 fully saturated rings. The van der Waals surface area contributed by atoms with Crippen molar-refractivity contribution in [3.8, 4) is 11.4 Å². The number of halogens is 1. The monoisotopic (exact) mass is 515 g/mol. The first-order chi connectivity index (χ1) is 17.5. The zero-order chi connectivity index (χ0) is 25.0. The fourth-order valence-electron chi connectivity index (χ4n) is 4.38. The third-order valence-electron chi connectivity index (χ3n) is 6.05. The second-order valence-electron chi connectivity index (χ2n) is 8.13. The number of fused-ring (bicyclic) bond motifs is 4. The smallest absolute Gasteiger partial charge is 0.296 e. The molecule has 3 aromatic carbocycles. The average Bonchev–Trinajstić information content (AvgIpc) is 3.43. The van der Waals surface area contributed by atoms with Crippen molar-refractivity contribution in [1.82, 2.24) is 19.3 Å². The number of methoxy groups -OCH3 is 1. The van der Waals surface area contributed by atoms with Crippen LogP contribution in [0.4, 0.5) is 5.13 Å². The first-order valence-electron chi connectivity index (χ1n) is 11.0. The lowest BCUT2D eigenvalue weighted by atomic mass is 10.1. The molecule has 3 heterocycles. The minimum absolute atomic E-state index is 0.104. The Kier molecular flexibility index (Phi) is 5.24. The minimum atomic E-state index is -0.469. The second-order valence-corrected chi connectivity index (χ2v) is 9.56. The lowest BCUT2D eigenvalue weighted by Gasteiger charge is -2.11. The van der Waals surface area contributed by atoms with E-state index in [1.54, 1.807) is 29.8 Å². The van der Waals surface area contributed by atoms with Crippen LogP contribution in [0.3, 0.4) is 0 Å². The molecule has 0 atom stereocenters. The highest BCUT2D eigenvalue weighted by Crippen LogP contribution is 2.31. The van der Waals surface area contributed by atoms with E-state index in [0.29, 0.717) is 32.5 Å². The van der Waals surface area contributed by atoms with Gasteiger partial charge in [-0.25, -0.2) is 4.98 Å². The Balaban J connectivity index is 1.59. The second kappa shape index (κ2) is 8.47. The summed E-state index contributed by atoms with van der Waals surface area (Å²) in [5.74, 6) is -0.00304. The van der Waals surface area contributed by atoms with Crippen LogP contribution in [-0.4, -0.2) is 32.3 Å². The Labute approximate surface area is 213 Å². The summed E-state index contributed by atoms with van der Waals surface area (Å²) >= 11 is 7.70. The summed E-state index contributed by atoms with van der Waals surface area (Å²) in [7, 11) is 3.31. The van der Waals surface area contributed by atoms with Crippen molar-refractivity contribution in [2.24, 2.45) is 7.05 Å². The number of carbonyl (C=O) groups is 1. The SMILES string of the molecule is COc1ccc(-n2nc(C(=O)Nc3nc4ccccc4s3)c3c4ccccc4n(C)c3c2=O)cc1Cl. The summed E-state index contributed by atoms with van der Waals surface area (Å²) in [4.78, 5) is 31.8. The molecule has 10 heteroatoms. The molecule has 0 bridgehead atoms. The maximum Gasteiger partial charge on any atom is 0.296 e. The number of rotatable bonds is 4. The summed E-state index contributed by atoms with van der Waals surface area (Å²) in [6.07, 6.45) is 0. The zero-order valence-corrected chi connectivity index (χ0v) is 20.7. The largest absolute Gasteiger partial charge is 0.495 e. The van der Waals surface area contributed by atoms with Crippen LogP contribution >= 0.6 is 22.9 Å². The van der Waals surface area contributed by atoms with Crippen molar-refractivity contribution >= 4 is 66.0 Å². The molecule has 1 amide bonds. The molecule has 6 aromatic rings. The number of aromatic nitrogens is 4. The number of amides is 1. The standard InChI is InChI=1S/C26H18ClN5O3S/c1-31-18-9-5-3-7-15(18)21-22(24(33)29-26-28-17-8-4-6-10-20(17)36-26)30-32(25(34)23(21)31)14-11-12-19(35-2)16(27)13-14/h3-13H,1-2H3,(H,28,29,33). The van der Waals surface area contributed by atoms with Crippen LogP contribution in [0.1, 0.15) is 10.5 Å². The van der Waals surface area contributed by atoms with Crippen molar-refractivity contribution in [2.45, 2.75) is 0 Å². The molecule has 3 aromatic heterocycles. The van der Waals surface area contributed by atoms with Crippen LogP contribution in [0.15, 0.2) is 71.5 Å². The minimum Gasteiger partial charge on any atom is -0.495 e. The van der Waals surface area contributed by atoms with Gasteiger partial charge in [0.05, 0.1) is 28.0 Å². The predicted molar refractivity (Wildman–Crippen MR) is 143 cm³/mol. The number of ether oxygens (including phenoxy) is 1. The molecule has 0 aliphatic carbocycles.